The molecule has 2 saturated heterocycles. The molecule has 0 aromatic rings. The Bertz CT molecular complexity index is 388. The highest BCUT2D eigenvalue weighted by atomic mass is 32.2. The standard InChI is InChI=1S/C10H17NO5S/c12-10(13)9-2-1-4-11(9)17(14,15)7-8-3-5-16-6-8/h8-9H,1-7H2,(H,12,13)/t8?,9-/m0/s1. The second-order valence-corrected chi connectivity index (χ2v) is 6.58. The Morgan fingerprint density at radius 1 is 1.41 bits per heavy atom. The van der Waals surface area contributed by atoms with Crippen LogP contribution in [-0.4, -0.2) is 55.4 Å². The van der Waals surface area contributed by atoms with Crippen LogP contribution in [0.5, 0.6) is 0 Å². The van der Waals surface area contributed by atoms with Crippen LogP contribution in [0.15, 0.2) is 0 Å². The van der Waals surface area contributed by atoms with E-state index in [1.54, 1.807) is 0 Å². The van der Waals surface area contributed by atoms with Crippen molar-refractivity contribution < 1.29 is 23.1 Å². The number of carboxylic acid groups (broad SMARTS) is 1. The van der Waals surface area contributed by atoms with Gasteiger partial charge in [-0.1, -0.05) is 0 Å². The van der Waals surface area contributed by atoms with E-state index in [1.807, 2.05) is 0 Å². The molecule has 0 aromatic carbocycles. The summed E-state index contributed by atoms with van der Waals surface area (Å²) in [7, 11) is -3.47. The first-order valence-corrected chi connectivity index (χ1v) is 7.41. The molecule has 1 N–H and O–H groups in total. The maximum atomic E-state index is 12.1. The van der Waals surface area contributed by atoms with Gasteiger partial charge in [0.05, 0.1) is 12.4 Å². The number of ether oxygens (including phenoxy) is 1. The lowest BCUT2D eigenvalue weighted by molar-refractivity contribution is -0.140. The van der Waals surface area contributed by atoms with Gasteiger partial charge >= 0.3 is 5.97 Å². The fourth-order valence-electron chi connectivity index (χ4n) is 2.43. The fraction of sp³-hybridized carbons (Fsp3) is 0.900. The van der Waals surface area contributed by atoms with E-state index in [4.69, 9.17) is 9.84 Å². The summed E-state index contributed by atoms with van der Waals surface area (Å²) in [5, 5.41) is 8.98. The number of rotatable bonds is 4. The van der Waals surface area contributed by atoms with Gasteiger partial charge in [0.1, 0.15) is 6.04 Å². The summed E-state index contributed by atoms with van der Waals surface area (Å²) in [4.78, 5) is 11.0. The zero-order chi connectivity index (χ0) is 12.5. The summed E-state index contributed by atoms with van der Waals surface area (Å²) in [5.41, 5.74) is 0. The van der Waals surface area contributed by atoms with Crippen molar-refractivity contribution in [1.82, 2.24) is 4.31 Å². The van der Waals surface area contributed by atoms with E-state index in [0.717, 1.165) is 10.7 Å². The third-order valence-corrected chi connectivity index (χ3v) is 5.36. The van der Waals surface area contributed by atoms with Crippen LogP contribution in [0.1, 0.15) is 19.3 Å². The van der Waals surface area contributed by atoms with Gasteiger partial charge in [0.25, 0.3) is 0 Å². The predicted molar refractivity (Wildman–Crippen MR) is 60.1 cm³/mol. The van der Waals surface area contributed by atoms with Crippen LogP contribution in [-0.2, 0) is 19.6 Å². The minimum atomic E-state index is -3.47. The fourth-order valence-corrected chi connectivity index (χ4v) is 4.47. The van der Waals surface area contributed by atoms with E-state index >= 15 is 0 Å². The van der Waals surface area contributed by atoms with Gasteiger partial charge in [0.15, 0.2) is 0 Å². The second-order valence-electron chi connectivity index (χ2n) is 4.62. The normalized spacial score (nSPS) is 30.8. The first-order valence-electron chi connectivity index (χ1n) is 5.81. The number of hydrogen-bond donors (Lipinski definition) is 1. The molecular formula is C10H17NO5S. The third-order valence-electron chi connectivity index (χ3n) is 3.32. The van der Waals surface area contributed by atoms with Gasteiger partial charge in [-0.25, -0.2) is 8.42 Å². The Hall–Kier alpha value is -0.660. The maximum Gasteiger partial charge on any atom is 0.322 e. The summed E-state index contributed by atoms with van der Waals surface area (Å²) in [6, 6.07) is -0.873. The smallest absolute Gasteiger partial charge is 0.322 e. The minimum absolute atomic E-state index is 0.00930. The van der Waals surface area contributed by atoms with Gasteiger partial charge < -0.3 is 9.84 Å². The van der Waals surface area contributed by atoms with E-state index in [9.17, 15) is 13.2 Å². The average molecular weight is 263 g/mol. The largest absolute Gasteiger partial charge is 0.480 e. The van der Waals surface area contributed by atoms with Gasteiger partial charge in [0, 0.05) is 13.2 Å². The van der Waals surface area contributed by atoms with Crippen LogP contribution in [0.4, 0.5) is 0 Å². The molecule has 0 radical (unpaired) electrons. The molecule has 6 nitrogen and oxygen atoms in total. The van der Waals surface area contributed by atoms with Gasteiger partial charge in [-0.3, -0.25) is 4.79 Å². The van der Waals surface area contributed by atoms with Gasteiger partial charge in [0.2, 0.25) is 10.0 Å². The first-order chi connectivity index (χ1) is 8.00. The number of carboxylic acids is 1. The molecule has 0 aromatic heterocycles. The van der Waals surface area contributed by atoms with Crippen molar-refractivity contribution in [2.24, 2.45) is 5.92 Å². The topological polar surface area (TPSA) is 83.9 Å². The van der Waals surface area contributed by atoms with Crippen LogP contribution >= 0.6 is 0 Å². The Morgan fingerprint density at radius 3 is 2.76 bits per heavy atom. The molecule has 0 amide bonds. The molecule has 98 valence electrons. The highest BCUT2D eigenvalue weighted by molar-refractivity contribution is 7.89. The zero-order valence-corrected chi connectivity index (χ0v) is 10.4. The number of aliphatic carboxylic acids is 1. The summed E-state index contributed by atoms with van der Waals surface area (Å²) in [6.07, 6.45) is 1.78. The van der Waals surface area contributed by atoms with E-state index in [2.05, 4.69) is 0 Å². The molecule has 2 aliphatic heterocycles. The molecule has 7 heteroatoms. The van der Waals surface area contributed by atoms with Crippen LogP contribution in [0, 0.1) is 5.92 Å². The minimum Gasteiger partial charge on any atom is -0.480 e. The molecule has 0 spiro atoms. The lowest BCUT2D eigenvalue weighted by Crippen LogP contribution is -2.42. The van der Waals surface area contributed by atoms with Gasteiger partial charge in [-0.05, 0) is 25.2 Å². The van der Waals surface area contributed by atoms with Crippen molar-refractivity contribution >= 4 is 16.0 Å². The lowest BCUT2D eigenvalue weighted by Gasteiger charge is -2.22. The molecule has 0 bridgehead atoms. The van der Waals surface area contributed by atoms with Crippen molar-refractivity contribution in [2.75, 3.05) is 25.5 Å². The second kappa shape index (κ2) is 4.91. The summed E-state index contributed by atoms with van der Waals surface area (Å²) in [5.74, 6) is -1.03. The number of hydrogen-bond acceptors (Lipinski definition) is 4. The Kier molecular flexibility index (Phi) is 3.70. The molecule has 1 unspecified atom stereocenters. The van der Waals surface area contributed by atoms with Crippen molar-refractivity contribution in [1.29, 1.82) is 0 Å². The quantitative estimate of drug-likeness (QED) is 0.766. The Labute approximate surface area is 101 Å². The predicted octanol–water partition coefficient (Wildman–Crippen LogP) is -0.0983. The van der Waals surface area contributed by atoms with Crippen molar-refractivity contribution in [2.45, 2.75) is 25.3 Å². The van der Waals surface area contributed by atoms with Crippen LogP contribution < -0.4 is 0 Å². The highest BCUT2D eigenvalue weighted by Crippen LogP contribution is 2.24. The number of nitrogens with zero attached hydrogens (tertiary/aromatic N) is 1. The molecule has 2 heterocycles. The van der Waals surface area contributed by atoms with Crippen LogP contribution in [0.25, 0.3) is 0 Å². The lowest BCUT2D eigenvalue weighted by atomic mass is 10.2. The molecule has 0 saturated carbocycles. The monoisotopic (exact) mass is 263 g/mol. The molecule has 2 fully saturated rings. The number of sulfonamides is 1. The van der Waals surface area contributed by atoms with Crippen molar-refractivity contribution in [3.8, 4) is 0 Å². The average Bonchev–Trinajstić information content (AvgIpc) is 2.84. The van der Waals surface area contributed by atoms with Crippen molar-refractivity contribution in [3.05, 3.63) is 0 Å². The molecular weight excluding hydrogens is 246 g/mol. The van der Waals surface area contributed by atoms with E-state index in [-0.39, 0.29) is 11.7 Å². The highest BCUT2D eigenvalue weighted by Gasteiger charge is 2.39. The molecule has 2 atom stereocenters. The van der Waals surface area contributed by atoms with Crippen LogP contribution in [0.2, 0.25) is 0 Å². The summed E-state index contributed by atoms with van der Waals surface area (Å²) in [6.45, 7) is 1.39. The van der Waals surface area contributed by atoms with E-state index in [0.29, 0.717) is 32.6 Å². The molecule has 2 aliphatic rings. The molecule has 2 rings (SSSR count). The summed E-state index contributed by atoms with van der Waals surface area (Å²) < 4.78 is 30.5. The summed E-state index contributed by atoms with van der Waals surface area (Å²) >= 11 is 0. The van der Waals surface area contributed by atoms with Crippen molar-refractivity contribution in [3.63, 3.8) is 0 Å². The Balaban J connectivity index is 2.06. The van der Waals surface area contributed by atoms with Crippen LogP contribution in [0.3, 0.4) is 0 Å². The third kappa shape index (κ3) is 2.78. The number of carbonyl (C=O) groups is 1. The molecule has 0 aliphatic carbocycles. The first kappa shape index (κ1) is 12.8. The zero-order valence-electron chi connectivity index (χ0n) is 9.54. The van der Waals surface area contributed by atoms with E-state index < -0.39 is 22.0 Å². The SMILES string of the molecule is O=C(O)[C@@H]1CCCN1S(=O)(=O)CC1CCOC1. The molecule has 17 heavy (non-hydrogen) atoms. The van der Waals surface area contributed by atoms with Gasteiger partial charge in [-0.2, -0.15) is 4.31 Å². The Morgan fingerprint density at radius 2 is 2.18 bits per heavy atom. The van der Waals surface area contributed by atoms with E-state index in [1.165, 1.54) is 0 Å². The van der Waals surface area contributed by atoms with Gasteiger partial charge in [-0.15, -0.1) is 0 Å². The maximum absolute atomic E-state index is 12.1.